The third-order valence-corrected chi connectivity index (χ3v) is 3.74. The fourth-order valence-electron chi connectivity index (χ4n) is 2.68. The van der Waals surface area contributed by atoms with Gasteiger partial charge in [0.2, 0.25) is 0 Å². The van der Waals surface area contributed by atoms with Crippen LogP contribution in [0, 0.1) is 19.3 Å². The highest BCUT2D eigenvalue weighted by Crippen LogP contribution is 2.49. The van der Waals surface area contributed by atoms with Crippen LogP contribution in [0.3, 0.4) is 0 Å². The van der Waals surface area contributed by atoms with E-state index in [0.717, 1.165) is 36.1 Å². The molecule has 1 aliphatic carbocycles. The lowest BCUT2D eigenvalue weighted by atomic mass is 9.94. The number of methoxy groups -OCH3 is 2. The van der Waals surface area contributed by atoms with Crippen molar-refractivity contribution in [1.82, 2.24) is 0 Å². The van der Waals surface area contributed by atoms with Crippen LogP contribution in [0.4, 0.5) is 0 Å². The number of carbonyl (C=O) groups is 1. The van der Waals surface area contributed by atoms with Gasteiger partial charge in [0.15, 0.2) is 0 Å². The lowest BCUT2D eigenvalue weighted by Gasteiger charge is -2.15. The molecule has 18 heavy (non-hydrogen) atoms. The Kier molecular flexibility index (Phi) is 3.33. The first kappa shape index (κ1) is 12.9. The number of carbonyl (C=O) groups excluding carboxylic acids is 1. The Morgan fingerprint density at radius 1 is 1.22 bits per heavy atom. The molecule has 0 aromatic heterocycles. The molecule has 1 saturated carbocycles. The zero-order valence-electron chi connectivity index (χ0n) is 11.5. The van der Waals surface area contributed by atoms with Gasteiger partial charge in [-0.25, -0.2) is 0 Å². The van der Waals surface area contributed by atoms with Crippen molar-refractivity contribution in [2.75, 3.05) is 14.2 Å². The van der Waals surface area contributed by atoms with Crippen molar-refractivity contribution in [3.05, 3.63) is 28.8 Å². The Bertz CT molecular complexity index is 450. The SMILES string of the molecule is COC(=O)C1(Cc2cc(C)c(OC)c(C)c2)CC1. The summed E-state index contributed by atoms with van der Waals surface area (Å²) in [7, 11) is 3.15. The highest BCUT2D eigenvalue weighted by molar-refractivity contribution is 5.80. The summed E-state index contributed by atoms with van der Waals surface area (Å²) in [5, 5.41) is 0. The summed E-state index contributed by atoms with van der Waals surface area (Å²) >= 11 is 0. The highest BCUT2D eigenvalue weighted by Gasteiger charge is 2.50. The standard InChI is InChI=1S/C15H20O3/c1-10-7-12(8-11(2)13(10)17-3)9-15(5-6-15)14(16)18-4/h7-8H,5-6,9H2,1-4H3. The topological polar surface area (TPSA) is 35.5 Å². The molecule has 1 aliphatic rings. The van der Waals surface area contributed by atoms with Gasteiger partial charge in [0, 0.05) is 0 Å². The Labute approximate surface area is 108 Å². The molecule has 1 aromatic carbocycles. The van der Waals surface area contributed by atoms with Crippen LogP contribution in [0.2, 0.25) is 0 Å². The zero-order valence-corrected chi connectivity index (χ0v) is 11.5. The monoisotopic (exact) mass is 248 g/mol. The Hall–Kier alpha value is -1.51. The lowest BCUT2D eigenvalue weighted by Crippen LogP contribution is -2.20. The van der Waals surface area contributed by atoms with Crippen molar-refractivity contribution in [3.63, 3.8) is 0 Å². The maximum absolute atomic E-state index is 11.7. The number of benzene rings is 1. The van der Waals surface area contributed by atoms with Crippen molar-refractivity contribution < 1.29 is 14.3 Å². The second-order valence-corrected chi connectivity index (χ2v) is 5.21. The van der Waals surface area contributed by atoms with Gasteiger partial charge >= 0.3 is 5.97 Å². The van der Waals surface area contributed by atoms with Gasteiger partial charge in [0.25, 0.3) is 0 Å². The van der Waals surface area contributed by atoms with E-state index in [2.05, 4.69) is 12.1 Å². The molecule has 3 heteroatoms. The first-order valence-electron chi connectivity index (χ1n) is 6.25. The van der Waals surface area contributed by atoms with Crippen molar-refractivity contribution in [1.29, 1.82) is 0 Å². The third-order valence-electron chi connectivity index (χ3n) is 3.74. The molecule has 0 N–H and O–H groups in total. The van der Waals surface area contributed by atoms with Gasteiger partial charge in [-0.1, -0.05) is 12.1 Å². The average Bonchev–Trinajstić information content (AvgIpc) is 3.08. The summed E-state index contributed by atoms with van der Waals surface area (Å²) in [4.78, 5) is 11.7. The van der Waals surface area contributed by atoms with E-state index in [1.165, 1.54) is 12.7 Å². The van der Waals surface area contributed by atoms with Crippen LogP contribution in [0.15, 0.2) is 12.1 Å². The predicted octanol–water partition coefficient (Wildman–Crippen LogP) is 2.81. The highest BCUT2D eigenvalue weighted by atomic mass is 16.5. The molecule has 0 saturated heterocycles. The van der Waals surface area contributed by atoms with E-state index in [-0.39, 0.29) is 11.4 Å². The van der Waals surface area contributed by atoms with Crippen molar-refractivity contribution in [2.24, 2.45) is 5.41 Å². The molecule has 0 heterocycles. The normalized spacial score (nSPS) is 16.2. The molecule has 3 nitrogen and oxygen atoms in total. The van der Waals surface area contributed by atoms with Gasteiger partial charge < -0.3 is 9.47 Å². The van der Waals surface area contributed by atoms with E-state index in [1.54, 1.807) is 7.11 Å². The van der Waals surface area contributed by atoms with Crippen LogP contribution in [0.5, 0.6) is 5.75 Å². The van der Waals surface area contributed by atoms with Crippen LogP contribution in [-0.2, 0) is 16.0 Å². The quantitative estimate of drug-likeness (QED) is 0.769. The predicted molar refractivity (Wildman–Crippen MR) is 69.9 cm³/mol. The number of rotatable bonds is 4. The summed E-state index contributed by atoms with van der Waals surface area (Å²) < 4.78 is 10.2. The minimum absolute atomic E-state index is 0.0753. The molecule has 0 bridgehead atoms. The molecule has 1 aromatic rings. The molecule has 0 atom stereocenters. The first-order valence-corrected chi connectivity index (χ1v) is 6.25. The van der Waals surface area contributed by atoms with E-state index in [1.807, 2.05) is 13.8 Å². The van der Waals surface area contributed by atoms with Crippen LogP contribution in [0.25, 0.3) is 0 Å². The van der Waals surface area contributed by atoms with Gasteiger partial charge in [-0.05, 0) is 49.8 Å². The van der Waals surface area contributed by atoms with Gasteiger partial charge in [0.1, 0.15) is 5.75 Å². The molecule has 0 spiro atoms. The van der Waals surface area contributed by atoms with E-state index in [9.17, 15) is 4.79 Å². The molecule has 1 fully saturated rings. The maximum atomic E-state index is 11.7. The van der Waals surface area contributed by atoms with Crippen molar-refractivity contribution in [2.45, 2.75) is 33.1 Å². The average molecular weight is 248 g/mol. The zero-order chi connectivity index (χ0) is 13.3. The number of hydrogen-bond acceptors (Lipinski definition) is 3. The second kappa shape index (κ2) is 4.63. The fraction of sp³-hybridized carbons (Fsp3) is 0.533. The number of ether oxygens (including phenoxy) is 2. The molecule has 98 valence electrons. The third kappa shape index (κ3) is 2.22. The van der Waals surface area contributed by atoms with E-state index in [0.29, 0.717) is 0 Å². The van der Waals surface area contributed by atoms with Crippen molar-refractivity contribution in [3.8, 4) is 5.75 Å². The van der Waals surface area contributed by atoms with Gasteiger partial charge in [0.05, 0.1) is 19.6 Å². The Morgan fingerprint density at radius 3 is 2.17 bits per heavy atom. The van der Waals surface area contributed by atoms with E-state index >= 15 is 0 Å². The summed E-state index contributed by atoms with van der Waals surface area (Å²) in [6.45, 7) is 4.07. The smallest absolute Gasteiger partial charge is 0.312 e. The number of esters is 1. The summed E-state index contributed by atoms with van der Waals surface area (Å²) in [6.07, 6.45) is 2.64. The van der Waals surface area contributed by atoms with Crippen LogP contribution in [-0.4, -0.2) is 20.2 Å². The Balaban J connectivity index is 2.23. The van der Waals surface area contributed by atoms with Crippen molar-refractivity contribution >= 4 is 5.97 Å². The molecular weight excluding hydrogens is 228 g/mol. The molecule has 0 amide bonds. The van der Waals surface area contributed by atoms with Crippen LogP contribution in [0.1, 0.15) is 29.5 Å². The largest absolute Gasteiger partial charge is 0.496 e. The van der Waals surface area contributed by atoms with Gasteiger partial charge in [-0.3, -0.25) is 4.79 Å². The summed E-state index contributed by atoms with van der Waals surface area (Å²) in [6, 6.07) is 4.21. The first-order chi connectivity index (χ1) is 8.52. The summed E-state index contributed by atoms with van der Waals surface area (Å²) in [5.74, 6) is 0.857. The number of aryl methyl sites for hydroxylation is 2. The minimum atomic E-state index is -0.262. The fourth-order valence-corrected chi connectivity index (χ4v) is 2.68. The van der Waals surface area contributed by atoms with Gasteiger partial charge in [-0.15, -0.1) is 0 Å². The number of hydrogen-bond donors (Lipinski definition) is 0. The van der Waals surface area contributed by atoms with E-state index < -0.39 is 0 Å². The van der Waals surface area contributed by atoms with Crippen LogP contribution >= 0.6 is 0 Å². The second-order valence-electron chi connectivity index (χ2n) is 5.21. The minimum Gasteiger partial charge on any atom is -0.496 e. The molecule has 2 rings (SSSR count). The maximum Gasteiger partial charge on any atom is 0.312 e. The molecule has 0 aliphatic heterocycles. The molecule has 0 radical (unpaired) electrons. The lowest BCUT2D eigenvalue weighted by molar-refractivity contribution is -0.147. The van der Waals surface area contributed by atoms with Gasteiger partial charge in [-0.2, -0.15) is 0 Å². The van der Waals surface area contributed by atoms with E-state index in [4.69, 9.17) is 9.47 Å². The summed E-state index contributed by atoms with van der Waals surface area (Å²) in [5.41, 5.74) is 3.16. The Morgan fingerprint density at radius 2 is 1.78 bits per heavy atom. The van der Waals surface area contributed by atoms with Crippen LogP contribution < -0.4 is 4.74 Å². The molecule has 0 unspecified atom stereocenters. The molecular formula is C15H20O3.